The SMILES string of the molecule is COc1ccc(NC(=O)COC(=O)C=Cc2cc(OC)c(OC)c(OC)c2)cc1Cl. The zero-order chi connectivity index (χ0) is 22.1. The van der Waals surface area contributed by atoms with Crippen molar-refractivity contribution in [3.63, 3.8) is 0 Å². The van der Waals surface area contributed by atoms with E-state index in [0.29, 0.717) is 39.3 Å². The van der Waals surface area contributed by atoms with Gasteiger partial charge in [-0.3, -0.25) is 4.79 Å². The Kier molecular flexibility index (Phi) is 8.37. The van der Waals surface area contributed by atoms with Gasteiger partial charge < -0.3 is 29.0 Å². The highest BCUT2D eigenvalue weighted by Crippen LogP contribution is 2.38. The summed E-state index contributed by atoms with van der Waals surface area (Å²) in [6.45, 7) is -0.456. The summed E-state index contributed by atoms with van der Waals surface area (Å²) in [4.78, 5) is 23.9. The van der Waals surface area contributed by atoms with Crippen LogP contribution in [0.1, 0.15) is 5.56 Å². The van der Waals surface area contributed by atoms with E-state index < -0.39 is 18.5 Å². The molecule has 9 heteroatoms. The number of rotatable bonds is 9. The maximum Gasteiger partial charge on any atom is 0.331 e. The van der Waals surface area contributed by atoms with Crippen molar-refractivity contribution in [2.45, 2.75) is 0 Å². The van der Waals surface area contributed by atoms with Crippen molar-refractivity contribution >= 4 is 35.2 Å². The van der Waals surface area contributed by atoms with Crippen LogP contribution in [0.5, 0.6) is 23.0 Å². The van der Waals surface area contributed by atoms with Gasteiger partial charge in [0.2, 0.25) is 5.75 Å². The largest absolute Gasteiger partial charge is 0.495 e. The third-order valence-electron chi connectivity index (χ3n) is 3.88. The molecule has 160 valence electrons. The number of halogens is 1. The summed E-state index contributed by atoms with van der Waals surface area (Å²) in [6, 6.07) is 8.11. The van der Waals surface area contributed by atoms with E-state index in [1.165, 1.54) is 46.7 Å². The average molecular weight is 436 g/mol. The van der Waals surface area contributed by atoms with Crippen molar-refractivity contribution in [1.29, 1.82) is 0 Å². The fourth-order valence-corrected chi connectivity index (χ4v) is 2.75. The fourth-order valence-electron chi connectivity index (χ4n) is 2.49. The first-order chi connectivity index (χ1) is 14.4. The highest BCUT2D eigenvalue weighted by atomic mass is 35.5. The van der Waals surface area contributed by atoms with Gasteiger partial charge in [0.1, 0.15) is 5.75 Å². The van der Waals surface area contributed by atoms with Crippen LogP contribution in [-0.4, -0.2) is 46.9 Å². The molecule has 0 unspecified atom stereocenters. The Morgan fingerprint density at radius 2 is 1.57 bits per heavy atom. The summed E-state index contributed by atoms with van der Waals surface area (Å²) >= 11 is 6.01. The zero-order valence-electron chi connectivity index (χ0n) is 17.0. The quantitative estimate of drug-likeness (QED) is 0.475. The molecule has 0 bridgehead atoms. The molecule has 0 saturated carbocycles. The molecule has 0 fully saturated rings. The number of carbonyl (C=O) groups is 2. The molecule has 30 heavy (non-hydrogen) atoms. The number of hydrogen-bond acceptors (Lipinski definition) is 7. The van der Waals surface area contributed by atoms with Crippen LogP contribution in [0.2, 0.25) is 5.02 Å². The number of carbonyl (C=O) groups excluding carboxylic acids is 2. The van der Waals surface area contributed by atoms with Crippen molar-refractivity contribution in [3.8, 4) is 23.0 Å². The molecule has 0 radical (unpaired) electrons. The van der Waals surface area contributed by atoms with Gasteiger partial charge in [0, 0.05) is 11.8 Å². The third kappa shape index (κ3) is 6.05. The molecule has 8 nitrogen and oxygen atoms in total. The Hall–Kier alpha value is -3.39. The number of benzene rings is 2. The average Bonchev–Trinajstić information content (AvgIpc) is 2.75. The van der Waals surface area contributed by atoms with Gasteiger partial charge in [-0.1, -0.05) is 11.6 Å². The van der Waals surface area contributed by atoms with E-state index >= 15 is 0 Å². The van der Waals surface area contributed by atoms with Crippen LogP contribution in [0.25, 0.3) is 6.08 Å². The Bertz CT molecular complexity index is 918. The van der Waals surface area contributed by atoms with E-state index in [-0.39, 0.29) is 0 Å². The van der Waals surface area contributed by atoms with E-state index in [0.717, 1.165) is 0 Å². The van der Waals surface area contributed by atoms with Crippen molar-refractivity contribution in [2.75, 3.05) is 40.4 Å². The maximum atomic E-state index is 12.0. The van der Waals surface area contributed by atoms with Crippen molar-refractivity contribution < 1.29 is 33.3 Å². The van der Waals surface area contributed by atoms with Gasteiger partial charge in [-0.25, -0.2) is 4.79 Å². The van der Waals surface area contributed by atoms with E-state index in [1.807, 2.05) is 0 Å². The molecule has 2 rings (SSSR count). The lowest BCUT2D eigenvalue weighted by Crippen LogP contribution is -2.20. The molecule has 0 saturated heterocycles. The second kappa shape index (κ2) is 11.0. The summed E-state index contributed by atoms with van der Waals surface area (Å²) in [5.74, 6) is 0.621. The predicted molar refractivity (Wildman–Crippen MR) is 113 cm³/mol. The van der Waals surface area contributed by atoms with Crippen LogP contribution < -0.4 is 24.3 Å². The number of esters is 1. The van der Waals surface area contributed by atoms with Gasteiger partial charge in [-0.05, 0) is 42.0 Å². The van der Waals surface area contributed by atoms with E-state index in [9.17, 15) is 9.59 Å². The van der Waals surface area contributed by atoms with Crippen molar-refractivity contribution in [2.24, 2.45) is 0 Å². The smallest absolute Gasteiger partial charge is 0.331 e. The van der Waals surface area contributed by atoms with Crippen LogP contribution in [0.4, 0.5) is 5.69 Å². The first-order valence-electron chi connectivity index (χ1n) is 8.70. The Balaban J connectivity index is 1.95. The van der Waals surface area contributed by atoms with Gasteiger partial charge >= 0.3 is 5.97 Å². The summed E-state index contributed by atoms with van der Waals surface area (Å²) in [5, 5.41) is 2.93. The van der Waals surface area contributed by atoms with Gasteiger partial charge in [-0.2, -0.15) is 0 Å². The van der Waals surface area contributed by atoms with Gasteiger partial charge in [0.05, 0.1) is 33.5 Å². The van der Waals surface area contributed by atoms with Crippen LogP contribution >= 0.6 is 11.6 Å². The first-order valence-corrected chi connectivity index (χ1v) is 9.07. The normalized spacial score (nSPS) is 10.4. The second-order valence-electron chi connectivity index (χ2n) is 5.80. The molecule has 0 spiro atoms. The Labute approximate surface area is 179 Å². The number of methoxy groups -OCH3 is 4. The summed E-state index contributed by atoms with van der Waals surface area (Å²) < 4.78 is 25.8. The lowest BCUT2D eigenvalue weighted by molar-refractivity contribution is -0.142. The lowest BCUT2D eigenvalue weighted by Gasteiger charge is -2.12. The highest BCUT2D eigenvalue weighted by molar-refractivity contribution is 6.32. The van der Waals surface area contributed by atoms with Crippen LogP contribution in [-0.2, 0) is 14.3 Å². The van der Waals surface area contributed by atoms with E-state index in [2.05, 4.69) is 5.32 Å². The van der Waals surface area contributed by atoms with Crippen LogP contribution in [0.15, 0.2) is 36.4 Å². The molecule has 0 aromatic heterocycles. The minimum atomic E-state index is -0.688. The topological polar surface area (TPSA) is 92.3 Å². The molecule has 0 aliphatic rings. The van der Waals surface area contributed by atoms with Crippen molar-refractivity contribution in [1.82, 2.24) is 0 Å². The summed E-state index contributed by atoms with van der Waals surface area (Å²) in [5.41, 5.74) is 1.08. The maximum absolute atomic E-state index is 12.0. The molecule has 0 heterocycles. The summed E-state index contributed by atoms with van der Waals surface area (Å²) in [7, 11) is 5.98. The van der Waals surface area contributed by atoms with Gasteiger partial charge in [-0.15, -0.1) is 0 Å². The molecule has 2 aromatic carbocycles. The minimum Gasteiger partial charge on any atom is -0.495 e. The van der Waals surface area contributed by atoms with E-state index in [4.69, 9.17) is 35.3 Å². The predicted octanol–water partition coefficient (Wildman–Crippen LogP) is 3.57. The minimum absolute atomic E-state index is 0.348. The molecule has 2 aromatic rings. The number of hydrogen-bond donors (Lipinski definition) is 1. The van der Waals surface area contributed by atoms with Crippen LogP contribution in [0, 0.1) is 0 Å². The number of anilines is 1. The number of amides is 1. The molecular weight excluding hydrogens is 414 g/mol. The molecule has 0 aliphatic heterocycles. The second-order valence-corrected chi connectivity index (χ2v) is 6.20. The highest BCUT2D eigenvalue weighted by Gasteiger charge is 2.12. The Morgan fingerprint density at radius 1 is 0.933 bits per heavy atom. The lowest BCUT2D eigenvalue weighted by atomic mass is 10.1. The Morgan fingerprint density at radius 3 is 2.10 bits per heavy atom. The monoisotopic (exact) mass is 435 g/mol. The number of nitrogens with one attached hydrogen (secondary N) is 1. The number of ether oxygens (including phenoxy) is 5. The zero-order valence-corrected chi connectivity index (χ0v) is 17.7. The van der Waals surface area contributed by atoms with Crippen molar-refractivity contribution in [3.05, 3.63) is 47.0 Å². The third-order valence-corrected chi connectivity index (χ3v) is 4.18. The van der Waals surface area contributed by atoms with Crippen LogP contribution in [0.3, 0.4) is 0 Å². The standard InChI is InChI=1S/C21H22ClNO7/c1-26-16-7-6-14(11-15(16)22)23-19(24)12-30-20(25)8-5-13-9-17(27-2)21(29-4)18(10-13)28-3/h5-11H,12H2,1-4H3,(H,23,24). The molecule has 0 atom stereocenters. The summed E-state index contributed by atoms with van der Waals surface area (Å²) in [6.07, 6.45) is 2.70. The van der Waals surface area contributed by atoms with Gasteiger partial charge in [0.15, 0.2) is 18.1 Å². The molecule has 1 N–H and O–H groups in total. The molecule has 0 aliphatic carbocycles. The molecular formula is C21H22ClNO7. The van der Waals surface area contributed by atoms with Gasteiger partial charge in [0.25, 0.3) is 5.91 Å². The first kappa shape index (κ1) is 22.9. The fraction of sp³-hybridized carbons (Fsp3) is 0.238. The van der Waals surface area contributed by atoms with E-state index in [1.54, 1.807) is 24.3 Å². The molecule has 1 amide bonds.